The van der Waals surface area contributed by atoms with Crippen molar-refractivity contribution in [2.75, 3.05) is 6.54 Å². The van der Waals surface area contributed by atoms with Crippen LogP contribution >= 0.6 is 0 Å². The van der Waals surface area contributed by atoms with Crippen molar-refractivity contribution in [2.45, 2.75) is 44.2 Å². The highest BCUT2D eigenvalue weighted by Crippen LogP contribution is 2.18. The van der Waals surface area contributed by atoms with E-state index < -0.39 is 29.8 Å². The molecule has 41 heavy (non-hydrogen) atoms. The number of nitrogens with two attached hydrogens (primary N) is 3. The molecule has 4 aromatic rings. The lowest BCUT2D eigenvalue weighted by atomic mass is 10.0. The van der Waals surface area contributed by atoms with Crippen LogP contribution in [0.25, 0.3) is 21.5 Å². The molecule has 212 valence electrons. The van der Waals surface area contributed by atoms with Crippen LogP contribution in [0.3, 0.4) is 0 Å². The van der Waals surface area contributed by atoms with Crippen LogP contribution < -0.4 is 27.8 Å². The van der Waals surface area contributed by atoms with Gasteiger partial charge in [-0.05, 0) is 51.9 Å². The third kappa shape index (κ3) is 8.61. The molecule has 4 aromatic carbocycles. The molecule has 0 aliphatic carbocycles. The Morgan fingerprint density at radius 3 is 1.98 bits per heavy atom. The number of nitrogens with one attached hydrogen (secondary N) is 2. The lowest BCUT2D eigenvalue weighted by Crippen LogP contribution is -2.53. The van der Waals surface area contributed by atoms with Crippen LogP contribution in [0.15, 0.2) is 89.9 Å². The third-order valence-corrected chi connectivity index (χ3v) is 6.91. The summed E-state index contributed by atoms with van der Waals surface area (Å²) in [6.45, 7) is 0.343. The summed E-state index contributed by atoms with van der Waals surface area (Å²) >= 11 is 0. The normalized spacial score (nSPS) is 12.4. The second kappa shape index (κ2) is 14.0. The first-order valence-corrected chi connectivity index (χ1v) is 13.7. The fourth-order valence-corrected chi connectivity index (χ4v) is 4.68. The predicted octanol–water partition coefficient (Wildman–Crippen LogP) is 2.68. The number of hydrogen-bond acceptors (Lipinski definition) is 5. The number of rotatable bonds is 12. The van der Waals surface area contributed by atoms with Crippen molar-refractivity contribution in [1.29, 1.82) is 0 Å². The van der Waals surface area contributed by atoms with Gasteiger partial charge in [0.1, 0.15) is 6.04 Å². The lowest BCUT2D eigenvalue weighted by Gasteiger charge is -2.21. The van der Waals surface area contributed by atoms with E-state index in [1.54, 1.807) is 0 Å². The number of fused-ring (bicyclic) bond motifs is 2. The van der Waals surface area contributed by atoms with Crippen molar-refractivity contribution in [3.63, 3.8) is 0 Å². The molecule has 0 aliphatic heterocycles. The lowest BCUT2D eigenvalue weighted by molar-refractivity contribution is -0.134. The number of nitrogens with zero attached hydrogens (tertiary/aromatic N) is 1. The highest BCUT2D eigenvalue weighted by atomic mass is 16.2. The van der Waals surface area contributed by atoms with Crippen LogP contribution in [0.5, 0.6) is 0 Å². The van der Waals surface area contributed by atoms with Crippen LogP contribution in [-0.4, -0.2) is 42.3 Å². The zero-order valence-electron chi connectivity index (χ0n) is 22.9. The monoisotopic (exact) mass is 552 g/mol. The zero-order chi connectivity index (χ0) is 29.2. The SMILES string of the molecule is NC(N)=NCCC[C@H](N)C(=O)N[C@@H](Cc1ccc2ccccc2c1)C(=O)NC(=O)CCc1ccc2ccccc2c1. The van der Waals surface area contributed by atoms with Crippen LogP contribution in [0.1, 0.15) is 30.4 Å². The van der Waals surface area contributed by atoms with Gasteiger partial charge in [-0.1, -0.05) is 84.9 Å². The maximum absolute atomic E-state index is 13.3. The van der Waals surface area contributed by atoms with Gasteiger partial charge in [-0.3, -0.25) is 24.7 Å². The van der Waals surface area contributed by atoms with Gasteiger partial charge in [0.05, 0.1) is 6.04 Å². The molecule has 0 heterocycles. The minimum Gasteiger partial charge on any atom is -0.370 e. The Labute approximate surface area is 239 Å². The number of imide groups is 1. The molecule has 9 heteroatoms. The number of hydrogen-bond donors (Lipinski definition) is 5. The topological polar surface area (TPSA) is 166 Å². The van der Waals surface area contributed by atoms with Gasteiger partial charge in [0.2, 0.25) is 17.7 Å². The van der Waals surface area contributed by atoms with Gasteiger partial charge in [-0.25, -0.2) is 0 Å². The first kappa shape index (κ1) is 29.2. The smallest absolute Gasteiger partial charge is 0.249 e. The Hall–Kier alpha value is -4.76. The molecule has 0 bridgehead atoms. The van der Waals surface area contributed by atoms with E-state index >= 15 is 0 Å². The fourth-order valence-electron chi connectivity index (χ4n) is 4.68. The number of aryl methyl sites for hydroxylation is 1. The minimum absolute atomic E-state index is 0.0274. The number of aliphatic imine (C=N–C) groups is 1. The number of guanidine groups is 1. The van der Waals surface area contributed by atoms with Gasteiger partial charge >= 0.3 is 0 Å². The Morgan fingerprint density at radius 1 is 0.756 bits per heavy atom. The van der Waals surface area contributed by atoms with Gasteiger partial charge in [0.15, 0.2) is 5.96 Å². The molecule has 0 spiro atoms. The van der Waals surface area contributed by atoms with Crippen LogP contribution in [0, 0.1) is 0 Å². The number of carbonyl (C=O) groups is 3. The van der Waals surface area contributed by atoms with E-state index in [4.69, 9.17) is 17.2 Å². The molecule has 8 N–H and O–H groups in total. The Bertz CT molecular complexity index is 1560. The number of amides is 3. The summed E-state index contributed by atoms with van der Waals surface area (Å²) in [5.41, 5.74) is 18.6. The summed E-state index contributed by atoms with van der Waals surface area (Å²) in [6.07, 6.45) is 1.64. The predicted molar refractivity (Wildman–Crippen MR) is 163 cm³/mol. The van der Waals surface area contributed by atoms with E-state index in [0.717, 1.165) is 32.7 Å². The van der Waals surface area contributed by atoms with Gasteiger partial charge in [0.25, 0.3) is 0 Å². The second-order valence-corrected chi connectivity index (χ2v) is 10.1. The maximum atomic E-state index is 13.3. The molecule has 0 saturated heterocycles. The summed E-state index contributed by atoms with van der Waals surface area (Å²) in [4.78, 5) is 42.8. The van der Waals surface area contributed by atoms with E-state index in [1.807, 2.05) is 84.9 Å². The standard InChI is InChI=1S/C32H36N6O3/c33-27(10-5-17-36-32(34)35)30(40)37-28(20-22-12-15-24-7-2-4-9-26(24)19-22)31(41)38-29(39)16-13-21-11-14-23-6-1-3-8-25(23)18-21/h1-4,6-9,11-12,14-15,18-19,27-28H,5,10,13,16-17,20,33H2,(H,37,40)(H4,34,35,36)(H,38,39,41)/t27-,28-/m0/s1. The molecule has 0 aromatic heterocycles. The highest BCUT2D eigenvalue weighted by molar-refractivity contribution is 6.00. The summed E-state index contributed by atoms with van der Waals surface area (Å²) < 4.78 is 0. The zero-order valence-corrected chi connectivity index (χ0v) is 22.9. The number of benzene rings is 4. The van der Waals surface area contributed by atoms with Crippen molar-refractivity contribution >= 4 is 45.2 Å². The van der Waals surface area contributed by atoms with Gasteiger partial charge in [0, 0.05) is 19.4 Å². The molecule has 9 nitrogen and oxygen atoms in total. The molecule has 0 unspecified atom stereocenters. The van der Waals surface area contributed by atoms with Gasteiger partial charge in [-0.2, -0.15) is 0 Å². The Kier molecular flexibility index (Phi) is 10.0. The van der Waals surface area contributed by atoms with E-state index in [2.05, 4.69) is 15.6 Å². The Balaban J connectivity index is 1.41. The van der Waals surface area contributed by atoms with Crippen LogP contribution in [-0.2, 0) is 27.2 Å². The Morgan fingerprint density at radius 2 is 1.34 bits per heavy atom. The first-order valence-electron chi connectivity index (χ1n) is 13.7. The summed E-state index contributed by atoms with van der Waals surface area (Å²) in [5, 5.41) is 9.51. The van der Waals surface area contributed by atoms with E-state index in [-0.39, 0.29) is 18.8 Å². The molecule has 0 saturated carbocycles. The second-order valence-electron chi connectivity index (χ2n) is 10.1. The highest BCUT2D eigenvalue weighted by Gasteiger charge is 2.25. The summed E-state index contributed by atoms with van der Waals surface area (Å²) in [6, 6.07) is 25.9. The molecule has 4 rings (SSSR count). The molecule has 3 amide bonds. The summed E-state index contributed by atoms with van der Waals surface area (Å²) in [5.74, 6) is -1.51. The molecule has 0 aliphatic rings. The average molecular weight is 553 g/mol. The van der Waals surface area contributed by atoms with Crippen LogP contribution in [0.2, 0.25) is 0 Å². The van der Waals surface area contributed by atoms with Crippen molar-refractivity contribution < 1.29 is 14.4 Å². The quantitative estimate of drug-likeness (QED) is 0.103. The minimum atomic E-state index is -0.989. The number of carbonyl (C=O) groups excluding carboxylic acids is 3. The van der Waals surface area contributed by atoms with E-state index in [1.165, 1.54) is 0 Å². The molecule has 2 atom stereocenters. The largest absolute Gasteiger partial charge is 0.370 e. The summed E-state index contributed by atoms with van der Waals surface area (Å²) in [7, 11) is 0. The van der Waals surface area contributed by atoms with Gasteiger partial charge < -0.3 is 22.5 Å². The molecular formula is C32H36N6O3. The molecular weight excluding hydrogens is 516 g/mol. The fraction of sp³-hybridized carbons (Fsp3) is 0.250. The molecule has 0 fully saturated rings. The average Bonchev–Trinajstić information content (AvgIpc) is 2.97. The van der Waals surface area contributed by atoms with E-state index in [0.29, 0.717) is 25.8 Å². The van der Waals surface area contributed by atoms with Crippen molar-refractivity contribution in [1.82, 2.24) is 10.6 Å². The van der Waals surface area contributed by atoms with Gasteiger partial charge in [-0.15, -0.1) is 0 Å². The maximum Gasteiger partial charge on any atom is 0.249 e. The van der Waals surface area contributed by atoms with E-state index in [9.17, 15) is 14.4 Å². The molecule has 0 radical (unpaired) electrons. The van der Waals surface area contributed by atoms with Crippen molar-refractivity contribution in [2.24, 2.45) is 22.2 Å². The van der Waals surface area contributed by atoms with Crippen molar-refractivity contribution in [3.8, 4) is 0 Å². The van der Waals surface area contributed by atoms with Crippen LogP contribution in [0.4, 0.5) is 0 Å². The third-order valence-electron chi connectivity index (χ3n) is 6.91. The first-order chi connectivity index (χ1) is 19.8. The van der Waals surface area contributed by atoms with Crippen molar-refractivity contribution in [3.05, 3.63) is 96.1 Å².